The van der Waals surface area contributed by atoms with Gasteiger partial charge in [0, 0.05) is 16.7 Å². The zero-order valence-electron chi connectivity index (χ0n) is 7.94. The second-order valence-corrected chi connectivity index (χ2v) is 3.72. The molecule has 0 unspecified atom stereocenters. The van der Waals surface area contributed by atoms with Gasteiger partial charge in [0.2, 0.25) is 0 Å². The van der Waals surface area contributed by atoms with E-state index < -0.39 is 0 Å². The number of aryl methyl sites for hydroxylation is 1. The number of pyridine rings is 1. The van der Waals surface area contributed by atoms with Crippen molar-refractivity contribution in [1.82, 2.24) is 4.98 Å². The number of benzene rings is 1. The molecule has 0 amide bonds. The van der Waals surface area contributed by atoms with E-state index in [9.17, 15) is 0 Å². The van der Waals surface area contributed by atoms with Crippen LogP contribution in [0, 0.1) is 6.92 Å². The van der Waals surface area contributed by atoms with Gasteiger partial charge >= 0.3 is 0 Å². The van der Waals surface area contributed by atoms with Crippen molar-refractivity contribution in [2.75, 3.05) is 0 Å². The van der Waals surface area contributed by atoms with Gasteiger partial charge in [-0.2, -0.15) is 0 Å². The lowest BCUT2D eigenvalue weighted by Gasteiger charge is -2.04. The van der Waals surface area contributed by atoms with Crippen LogP contribution in [0.1, 0.15) is 5.56 Å². The molecule has 0 saturated heterocycles. The van der Waals surface area contributed by atoms with E-state index in [-0.39, 0.29) is 0 Å². The van der Waals surface area contributed by atoms with Gasteiger partial charge in [0.05, 0.1) is 5.69 Å². The predicted octanol–water partition coefficient (Wildman–Crippen LogP) is 3.35. The summed E-state index contributed by atoms with van der Waals surface area (Å²) in [4.78, 5) is 5.27. The van der Waals surface area contributed by atoms with E-state index in [0.717, 1.165) is 16.2 Å². The third-order valence-corrected chi connectivity index (χ3v) is 2.46. The molecular formula is C12H11NS. The Kier molecular flexibility index (Phi) is 2.55. The molecule has 0 atom stereocenters. The highest BCUT2D eigenvalue weighted by atomic mass is 32.1. The van der Waals surface area contributed by atoms with Gasteiger partial charge < -0.3 is 0 Å². The van der Waals surface area contributed by atoms with Crippen molar-refractivity contribution in [3.63, 3.8) is 0 Å². The van der Waals surface area contributed by atoms with Crippen molar-refractivity contribution in [2.24, 2.45) is 0 Å². The topological polar surface area (TPSA) is 12.9 Å². The maximum absolute atomic E-state index is 4.44. The van der Waals surface area contributed by atoms with Crippen LogP contribution in [-0.4, -0.2) is 4.98 Å². The fraction of sp³-hybridized carbons (Fsp3) is 0.0833. The lowest BCUT2D eigenvalue weighted by atomic mass is 10.1. The van der Waals surface area contributed by atoms with Crippen LogP contribution in [0.2, 0.25) is 0 Å². The molecule has 14 heavy (non-hydrogen) atoms. The second-order valence-electron chi connectivity index (χ2n) is 3.24. The molecular weight excluding hydrogens is 190 g/mol. The molecule has 2 rings (SSSR count). The van der Waals surface area contributed by atoms with Gasteiger partial charge in [0.15, 0.2) is 0 Å². The molecule has 0 aliphatic carbocycles. The highest BCUT2D eigenvalue weighted by molar-refractivity contribution is 7.80. The van der Waals surface area contributed by atoms with Crippen LogP contribution in [0.25, 0.3) is 11.3 Å². The molecule has 0 aliphatic heterocycles. The number of hydrogen-bond donors (Lipinski definition) is 1. The maximum atomic E-state index is 4.44. The van der Waals surface area contributed by atoms with E-state index in [4.69, 9.17) is 0 Å². The standard InChI is InChI=1S/C12H11NS/c1-9-5-6-10(12(14)8-9)11-4-2-3-7-13-11/h2-8,14H,1H3. The smallest absolute Gasteiger partial charge is 0.0713 e. The minimum atomic E-state index is 0.970. The zero-order chi connectivity index (χ0) is 9.97. The van der Waals surface area contributed by atoms with Crippen LogP contribution in [0.5, 0.6) is 0 Å². The molecule has 0 bridgehead atoms. The van der Waals surface area contributed by atoms with E-state index in [1.165, 1.54) is 5.56 Å². The van der Waals surface area contributed by atoms with Crippen LogP contribution >= 0.6 is 12.6 Å². The van der Waals surface area contributed by atoms with Gasteiger partial charge in [-0.1, -0.05) is 18.2 Å². The van der Waals surface area contributed by atoms with Crippen molar-refractivity contribution in [1.29, 1.82) is 0 Å². The largest absolute Gasteiger partial charge is 0.256 e. The van der Waals surface area contributed by atoms with Gasteiger partial charge in [-0.25, -0.2) is 0 Å². The summed E-state index contributed by atoms with van der Waals surface area (Å²) in [5, 5.41) is 0. The van der Waals surface area contributed by atoms with Gasteiger partial charge in [0.25, 0.3) is 0 Å². The van der Waals surface area contributed by atoms with E-state index in [0.29, 0.717) is 0 Å². The Morgan fingerprint density at radius 2 is 2.00 bits per heavy atom. The molecule has 0 N–H and O–H groups in total. The van der Waals surface area contributed by atoms with Crippen LogP contribution in [0.15, 0.2) is 47.5 Å². The van der Waals surface area contributed by atoms with Crippen molar-refractivity contribution < 1.29 is 0 Å². The Balaban J connectivity index is 2.53. The molecule has 0 saturated carbocycles. The number of rotatable bonds is 1. The molecule has 1 nitrogen and oxygen atoms in total. The summed E-state index contributed by atoms with van der Waals surface area (Å²) in [7, 11) is 0. The molecule has 1 heterocycles. The molecule has 0 radical (unpaired) electrons. The molecule has 1 aromatic carbocycles. The monoisotopic (exact) mass is 201 g/mol. The first-order valence-electron chi connectivity index (χ1n) is 4.48. The first-order valence-corrected chi connectivity index (χ1v) is 4.93. The SMILES string of the molecule is Cc1ccc(-c2ccccn2)c(S)c1. The van der Waals surface area contributed by atoms with Crippen molar-refractivity contribution in [3.05, 3.63) is 48.2 Å². The fourth-order valence-corrected chi connectivity index (χ4v) is 1.77. The van der Waals surface area contributed by atoms with Gasteiger partial charge in [0.1, 0.15) is 0 Å². The molecule has 1 aromatic heterocycles. The van der Waals surface area contributed by atoms with E-state index >= 15 is 0 Å². The molecule has 0 aliphatic rings. The fourth-order valence-electron chi connectivity index (χ4n) is 1.38. The third kappa shape index (κ3) is 1.80. The lowest BCUT2D eigenvalue weighted by molar-refractivity contribution is 1.28. The molecule has 2 aromatic rings. The maximum Gasteiger partial charge on any atom is 0.0713 e. The Morgan fingerprint density at radius 1 is 1.14 bits per heavy atom. The van der Waals surface area contributed by atoms with Crippen molar-refractivity contribution in [2.45, 2.75) is 11.8 Å². The molecule has 70 valence electrons. The minimum Gasteiger partial charge on any atom is -0.256 e. The van der Waals surface area contributed by atoms with Gasteiger partial charge in [-0.05, 0) is 30.7 Å². The predicted molar refractivity (Wildman–Crippen MR) is 61.7 cm³/mol. The average molecular weight is 201 g/mol. The van der Waals surface area contributed by atoms with Crippen molar-refractivity contribution in [3.8, 4) is 11.3 Å². The number of nitrogens with zero attached hydrogens (tertiary/aromatic N) is 1. The minimum absolute atomic E-state index is 0.970. The summed E-state index contributed by atoms with van der Waals surface area (Å²) in [5.41, 5.74) is 3.27. The number of hydrogen-bond acceptors (Lipinski definition) is 2. The molecule has 0 spiro atoms. The highest BCUT2D eigenvalue weighted by Crippen LogP contribution is 2.25. The van der Waals surface area contributed by atoms with Crippen LogP contribution in [0.3, 0.4) is 0 Å². The highest BCUT2D eigenvalue weighted by Gasteiger charge is 2.02. The van der Waals surface area contributed by atoms with Crippen LogP contribution < -0.4 is 0 Å². The summed E-state index contributed by atoms with van der Waals surface area (Å²) < 4.78 is 0. The summed E-state index contributed by atoms with van der Waals surface area (Å²) >= 11 is 4.44. The normalized spacial score (nSPS) is 10.1. The van der Waals surface area contributed by atoms with Crippen molar-refractivity contribution >= 4 is 12.6 Å². The summed E-state index contributed by atoms with van der Waals surface area (Å²) in [6.07, 6.45) is 1.79. The van der Waals surface area contributed by atoms with Gasteiger partial charge in [-0.15, -0.1) is 12.6 Å². The third-order valence-electron chi connectivity index (χ3n) is 2.09. The average Bonchev–Trinajstić information content (AvgIpc) is 2.19. The molecule has 0 fully saturated rings. The summed E-state index contributed by atoms with van der Waals surface area (Å²) in [5.74, 6) is 0. The Bertz CT molecular complexity index is 437. The van der Waals surface area contributed by atoms with E-state index in [1.54, 1.807) is 6.20 Å². The van der Waals surface area contributed by atoms with E-state index in [1.807, 2.05) is 24.3 Å². The van der Waals surface area contributed by atoms with Crippen LogP contribution in [-0.2, 0) is 0 Å². The quantitative estimate of drug-likeness (QED) is 0.698. The first kappa shape index (κ1) is 9.28. The Morgan fingerprint density at radius 3 is 2.64 bits per heavy atom. The lowest BCUT2D eigenvalue weighted by Crippen LogP contribution is -1.84. The first-order chi connectivity index (χ1) is 6.77. The molecule has 2 heteroatoms. The number of thiol groups is 1. The Hall–Kier alpha value is -1.28. The Labute approximate surface area is 89.2 Å². The zero-order valence-corrected chi connectivity index (χ0v) is 8.83. The summed E-state index contributed by atoms with van der Waals surface area (Å²) in [6, 6.07) is 12.1. The second kappa shape index (κ2) is 3.84. The van der Waals surface area contributed by atoms with Gasteiger partial charge in [-0.3, -0.25) is 4.98 Å². The van der Waals surface area contributed by atoms with Crippen LogP contribution in [0.4, 0.5) is 0 Å². The number of aromatic nitrogens is 1. The van der Waals surface area contributed by atoms with E-state index in [2.05, 4.69) is 36.7 Å². The summed E-state index contributed by atoms with van der Waals surface area (Å²) in [6.45, 7) is 2.06.